The van der Waals surface area contributed by atoms with E-state index in [4.69, 9.17) is 9.72 Å². The molecular weight excluding hydrogens is 503 g/mol. The van der Waals surface area contributed by atoms with Crippen molar-refractivity contribution in [1.29, 1.82) is 0 Å². The summed E-state index contributed by atoms with van der Waals surface area (Å²) in [5.74, 6) is 0.861. The standard InChI is InChI=1S/C24H27F5N4O2S/c1-15-14-18(20-6-10-30-23-21(20)31-22(32-23)16-8-12-35-13-9-16)7-11-33(15)24(34)17-2-4-19(5-3-17)36(25,26,27,28)29/h2-6,10,15-16,18H,7-9,11-14H2,1H3,(H,30,31,32)/t15-,18?/m1/s1. The Morgan fingerprint density at radius 1 is 1.03 bits per heavy atom. The molecule has 2 saturated heterocycles. The summed E-state index contributed by atoms with van der Waals surface area (Å²) in [5.41, 5.74) is 2.57. The van der Waals surface area contributed by atoms with Crippen LogP contribution < -0.4 is 0 Å². The highest BCUT2D eigenvalue weighted by Gasteiger charge is 2.65. The molecule has 2 atom stereocenters. The number of aromatic amines is 1. The molecule has 0 spiro atoms. The second kappa shape index (κ2) is 8.14. The normalized spacial score (nSPS) is 23.9. The molecule has 2 fully saturated rings. The molecule has 1 amide bonds. The molecule has 12 heteroatoms. The van der Waals surface area contributed by atoms with Crippen LogP contribution in [0.1, 0.15) is 66.2 Å². The zero-order valence-corrected chi connectivity index (χ0v) is 20.4. The molecule has 196 valence electrons. The number of pyridine rings is 1. The molecule has 2 aliphatic rings. The van der Waals surface area contributed by atoms with Gasteiger partial charge in [-0.05, 0) is 74.4 Å². The fourth-order valence-electron chi connectivity index (χ4n) is 5.23. The number of piperidine rings is 1. The van der Waals surface area contributed by atoms with Gasteiger partial charge in [0.1, 0.15) is 10.7 Å². The van der Waals surface area contributed by atoms with Gasteiger partial charge in [0.05, 0.1) is 5.52 Å². The van der Waals surface area contributed by atoms with Gasteiger partial charge >= 0.3 is 10.2 Å². The van der Waals surface area contributed by atoms with Crippen LogP contribution in [0.25, 0.3) is 11.2 Å². The van der Waals surface area contributed by atoms with E-state index in [0.717, 1.165) is 41.9 Å². The molecule has 5 rings (SSSR count). The summed E-state index contributed by atoms with van der Waals surface area (Å²) in [5, 5.41) is 0. The zero-order valence-electron chi connectivity index (χ0n) is 19.6. The largest absolute Gasteiger partial charge is 0.381 e. The number of hydrogen-bond donors (Lipinski definition) is 1. The van der Waals surface area contributed by atoms with E-state index in [-0.39, 0.29) is 29.7 Å². The van der Waals surface area contributed by atoms with Gasteiger partial charge in [0.2, 0.25) is 0 Å². The number of carbonyl (C=O) groups is 1. The van der Waals surface area contributed by atoms with E-state index in [1.807, 2.05) is 13.0 Å². The number of likely N-dealkylation sites (tertiary alicyclic amines) is 1. The van der Waals surface area contributed by atoms with Gasteiger partial charge in [0.15, 0.2) is 5.65 Å². The highest BCUT2D eigenvalue weighted by molar-refractivity contribution is 8.45. The van der Waals surface area contributed by atoms with E-state index >= 15 is 0 Å². The zero-order chi connectivity index (χ0) is 25.8. The minimum absolute atomic E-state index is 0.0492. The fourth-order valence-corrected chi connectivity index (χ4v) is 5.88. The highest BCUT2D eigenvalue weighted by atomic mass is 32.5. The smallest absolute Gasteiger partial charge is 0.310 e. The molecule has 0 bridgehead atoms. The molecule has 0 radical (unpaired) electrons. The summed E-state index contributed by atoms with van der Waals surface area (Å²) in [6.45, 7) is 3.67. The van der Waals surface area contributed by atoms with Crippen molar-refractivity contribution < 1.29 is 29.0 Å². The fraction of sp³-hybridized carbons (Fsp3) is 0.458. The molecule has 2 aromatic heterocycles. The summed E-state index contributed by atoms with van der Waals surface area (Å²) in [4.78, 5) is 25.2. The third-order valence-corrected chi connectivity index (χ3v) is 8.34. The summed E-state index contributed by atoms with van der Waals surface area (Å²) < 4.78 is 70.5. The molecule has 6 nitrogen and oxygen atoms in total. The lowest BCUT2D eigenvalue weighted by molar-refractivity contribution is 0.0616. The number of H-pyrrole nitrogens is 1. The van der Waals surface area contributed by atoms with Crippen molar-refractivity contribution in [3.63, 3.8) is 0 Å². The van der Waals surface area contributed by atoms with Crippen LogP contribution in [0.4, 0.5) is 19.4 Å². The Kier molecular flexibility index (Phi) is 5.64. The van der Waals surface area contributed by atoms with Gasteiger partial charge in [0.25, 0.3) is 5.91 Å². The van der Waals surface area contributed by atoms with E-state index in [2.05, 4.69) is 9.97 Å². The average molecular weight is 531 g/mol. The lowest BCUT2D eigenvalue weighted by Crippen LogP contribution is -2.44. The SMILES string of the molecule is C[C@@H]1CC(c2ccnc3nc(C4CCOCC4)[nH]c23)CCN1C(=O)c1ccc(S(F)(F)(F)(F)F)cc1. The molecule has 0 saturated carbocycles. The summed E-state index contributed by atoms with van der Waals surface area (Å²) >= 11 is 0. The van der Waals surface area contributed by atoms with Crippen LogP contribution in [0.2, 0.25) is 0 Å². The van der Waals surface area contributed by atoms with Crippen LogP contribution in [0.3, 0.4) is 0 Å². The summed E-state index contributed by atoms with van der Waals surface area (Å²) in [6.07, 6.45) is 4.81. The minimum atomic E-state index is -9.78. The Labute approximate surface area is 205 Å². The lowest BCUT2D eigenvalue weighted by atomic mass is 9.85. The Morgan fingerprint density at radius 2 is 1.72 bits per heavy atom. The van der Waals surface area contributed by atoms with E-state index in [0.29, 0.717) is 44.2 Å². The third-order valence-electron chi connectivity index (χ3n) is 7.17. The predicted octanol–water partition coefficient (Wildman–Crippen LogP) is 6.92. The topological polar surface area (TPSA) is 71.1 Å². The van der Waals surface area contributed by atoms with E-state index in [1.165, 1.54) is 0 Å². The van der Waals surface area contributed by atoms with Gasteiger partial charge in [-0.15, -0.1) is 0 Å². The first-order chi connectivity index (χ1) is 16.8. The first-order valence-corrected chi connectivity index (χ1v) is 13.8. The predicted molar refractivity (Wildman–Crippen MR) is 127 cm³/mol. The van der Waals surface area contributed by atoms with Crippen molar-refractivity contribution in [2.24, 2.45) is 0 Å². The highest BCUT2D eigenvalue weighted by Crippen LogP contribution is 3.02. The van der Waals surface area contributed by atoms with Crippen molar-refractivity contribution in [3.05, 3.63) is 53.5 Å². The van der Waals surface area contributed by atoms with E-state index < -0.39 is 21.0 Å². The third kappa shape index (κ3) is 4.93. The minimum Gasteiger partial charge on any atom is -0.381 e. The van der Waals surface area contributed by atoms with Gasteiger partial charge in [-0.2, -0.15) is 0 Å². The maximum atomic E-state index is 13.0. The van der Waals surface area contributed by atoms with Gasteiger partial charge in [-0.3, -0.25) is 4.79 Å². The van der Waals surface area contributed by atoms with Crippen LogP contribution in [0.5, 0.6) is 0 Å². The van der Waals surface area contributed by atoms with Crippen LogP contribution in [-0.2, 0) is 4.74 Å². The first kappa shape index (κ1) is 24.9. The first-order valence-electron chi connectivity index (χ1n) is 11.9. The molecule has 36 heavy (non-hydrogen) atoms. The number of carbonyl (C=O) groups excluding carboxylic acids is 1. The van der Waals surface area contributed by atoms with Gasteiger partial charge in [0, 0.05) is 43.5 Å². The molecule has 1 unspecified atom stereocenters. The number of nitrogens with zero attached hydrogens (tertiary/aromatic N) is 3. The number of fused-ring (bicyclic) bond motifs is 1. The molecule has 3 aromatic rings. The van der Waals surface area contributed by atoms with Crippen LogP contribution in [0, 0.1) is 0 Å². The average Bonchev–Trinajstić information content (AvgIpc) is 3.27. The van der Waals surface area contributed by atoms with Crippen LogP contribution in [0.15, 0.2) is 41.4 Å². The second-order valence-corrected chi connectivity index (χ2v) is 12.1. The maximum Gasteiger partial charge on any atom is 0.310 e. The Hall–Kier alpha value is -2.73. The number of rotatable bonds is 4. The Balaban J connectivity index is 1.32. The lowest BCUT2D eigenvalue weighted by Gasteiger charge is -2.40. The molecule has 1 N–H and O–H groups in total. The molecule has 4 heterocycles. The number of imidazole rings is 1. The Bertz CT molecular complexity index is 1290. The van der Waals surface area contributed by atoms with E-state index in [9.17, 15) is 24.2 Å². The molecule has 0 aliphatic carbocycles. The number of aromatic nitrogens is 3. The quantitative estimate of drug-likeness (QED) is 0.372. The summed E-state index contributed by atoms with van der Waals surface area (Å²) in [7, 11) is -9.78. The van der Waals surface area contributed by atoms with Gasteiger partial charge in [-0.25, -0.2) is 9.97 Å². The summed E-state index contributed by atoms with van der Waals surface area (Å²) in [6, 6.07) is 3.98. The number of nitrogens with one attached hydrogen (secondary N) is 1. The Morgan fingerprint density at radius 3 is 2.36 bits per heavy atom. The van der Waals surface area contributed by atoms with Crippen LogP contribution >= 0.6 is 10.2 Å². The molecular formula is C24H27F5N4O2S. The number of ether oxygens (including phenoxy) is 1. The number of amides is 1. The van der Waals surface area contributed by atoms with Crippen molar-refractivity contribution >= 4 is 27.3 Å². The van der Waals surface area contributed by atoms with Crippen molar-refractivity contribution in [2.45, 2.75) is 55.4 Å². The maximum absolute atomic E-state index is 13.0. The monoisotopic (exact) mass is 530 g/mol. The van der Waals surface area contributed by atoms with E-state index in [1.54, 1.807) is 11.1 Å². The van der Waals surface area contributed by atoms with Gasteiger partial charge in [-0.1, -0.05) is 19.4 Å². The van der Waals surface area contributed by atoms with Crippen LogP contribution in [-0.4, -0.2) is 51.6 Å². The molecule has 2 aliphatic heterocycles. The second-order valence-electron chi connectivity index (χ2n) is 9.67. The van der Waals surface area contributed by atoms with Crippen molar-refractivity contribution in [1.82, 2.24) is 19.9 Å². The van der Waals surface area contributed by atoms with Crippen molar-refractivity contribution in [2.75, 3.05) is 19.8 Å². The van der Waals surface area contributed by atoms with Crippen molar-refractivity contribution in [3.8, 4) is 0 Å². The molecule has 1 aromatic carbocycles. The number of halogens is 5. The van der Waals surface area contributed by atoms with Gasteiger partial charge < -0.3 is 14.6 Å². The number of hydrogen-bond acceptors (Lipinski definition) is 4. The number of benzene rings is 1.